The summed E-state index contributed by atoms with van der Waals surface area (Å²) in [5, 5.41) is 9.54. The fraction of sp³-hybridized carbons (Fsp3) is 0.467. The zero-order valence-corrected chi connectivity index (χ0v) is 10.4. The summed E-state index contributed by atoms with van der Waals surface area (Å²) in [6, 6.07) is 5.66. The van der Waals surface area contributed by atoms with Crippen LogP contribution in [0, 0.1) is 6.92 Å². The van der Waals surface area contributed by atoms with Gasteiger partial charge in [-0.3, -0.25) is 0 Å². The van der Waals surface area contributed by atoms with E-state index in [-0.39, 0.29) is 0 Å². The van der Waals surface area contributed by atoms with Crippen molar-refractivity contribution < 1.29 is 5.11 Å². The summed E-state index contributed by atoms with van der Waals surface area (Å²) < 4.78 is 0. The molecule has 0 aliphatic rings. The van der Waals surface area contributed by atoms with Crippen molar-refractivity contribution in [2.75, 3.05) is 0 Å². The molecule has 0 bridgehead atoms. The van der Waals surface area contributed by atoms with Gasteiger partial charge in [-0.05, 0) is 37.0 Å². The van der Waals surface area contributed by atoms with Gasteiger partial charge in [-0.25, -0.2) is 0 Å². The fourth-order valence-corrected chi connectivity index (χ4v) is 1.72. The van der Waals surface area contributed by atoms with E-state index in [0.717, 1.165) is 17.5 Å². The molecule has 0 unspecified atom stereocenters. The molecule has 0 heterocycles. The van der Waals surface area contributed by atoms with Crippen LogP contribution in [0.4, 0.5) is 0 Å². The molecule has 1 rings (SSSR count). The molecule has 0 radical (unpaired) electrons. The Hall–Kier alpha value is -1.24. The van der Waals surface area contributed by atoms with Crippen LogP contribution in [0.5, 0.6) is 5.75 Å². The van der Waals surface area contributed by atoms with Crippen molar-refractivity contribution in [3.8, 4) is 5.75 Å². The van der Waals surface area contributed by atoms with E-state index in [0.29, 0.717) is 5.75 Å². The average molecular weight is 218 g/mol. The zero-order valence-electron chi connectivity index (χ0n) is 10.4. The van der Waals surface area contributed by atoms with Crippen LogP contribution in [0.2, 0.25) is 0 Å². The monoisotopic (exact) mass is 218 g/mol. The van der Waals surface area contributed by atoms with Gasteiger partial charge in [0.05, 0.1) is 0 Å². The number of aromatic hydroxyl groups is 1. The van der Waals surface area contributed by atoms with Gasteiger partial charge in [-0.1, -0.05) is 50.5 Å². The number of phenolic OH excluding ortho intramolecular Hbond substituents is 1. The number of hydrogen-bond donors (Lipinski definition) is 1. The van der Waals surface area contributed by atoms with Crippen LogP contribution in [0.1, 0.15) is 50.2 Å². The summed E-state index contributed by atoms with van der Waals surface area (Å²) in [6.45, 7) is 4.18. The van der Waals surface area contributed by atoms with Crippen LogP contribution in [-0.2, 0) is 0 Å². The van der Waals surface area contributed by atoms with Gasteiger partial charge in [-0.2, -0.15) is 0 Å². The molecular formula is C15H22O. The first-order valence-electron chi connectivity index (χ1n) is 6.20. The number of hydrogen-bond acceptors (Lipinski definition) is 1. The first-order valence-corrected chi connectivity index (χ1v) is 6.20. The van der Waals surface area contributed by atoms with Gasteiger partial charge in [0.15, 0.2) is 0 Å². The highest BCUT2D eigenvalue weighted by Gasteiger charge is 1.97. The minimum absolute atomic E-state index is 0.383. The van der Waals surface area contributed by atoms with Gasteiger partial charge in [0, 0.05) is 0 Å². The molecule has 1 nitrogen and oxygen atoms in total. The zero-order chi connectivity index (χ0) is 11.8. The largest absolute Gasteiger partial charge is 0.508 e. The molecule has 1 heteroatoms. The molecule has 0 aliphatic heterocycles. The molecule has 0 spiro atoms. The van der Waals surface area contributed by atoms with Crippen molar-refractivity contribution in [3.63, 3.8) is 0 Å². The maximum Gasteiger partial charge on any atom is 0.119 e. The van der Waals surface area contributed by atoms with Crippen LogP contribution in [0.25, 0.3) is 6.08 Å². The predicted molar refractivity (Wildman–Crippen MR) is 70.6 cm³/mol. The fourth-order valence-electron chi connectivity index (χ4n) is 1.72. The Bertz CT molecular complexity index is 339. The molecular weight excluding hydrogens is 196 g/mol. The van der Waals surface area contributed by atoms with E-state index >= 15 is 0 Å². The van der Waals surface area contributed by atoms with Gasteiger partial charge in [0.1, 0.15) is 5.75 Å². The van der Waals surface area contributed by atoms with Gasteiger partial charge in [-0.15, -0.1) is 0 Å². The summed E-state index contributed by atoms with van der Waals surface area (Å²) >= 11 is 0. The van der Waals surface area contributed by atoms with Gasteiger partial charge < -0.3 is 5.11 Å². The first-order chi connectivity index (χ1) is 7.75. The quantitative estimate of drug-likeness (QED) is 0.687. The van der Waals surface area contributed by atoms with Crippen molar-refractivity contribution in [2.45, 2.75) is 46.0 Å². The van der Waals surface area contributed by atoms with Crippen LogP contribution in [-0.4, -0.2) is 5.11 Å². The Morgan fingerprint density at radius 1 is 1.19 bits per heavy atom. The number of rotatable bonds is 6. The second kappa shape index (κ2) is 7.10. The van der Waals surface area contributed by atoms with Crippen molar-refractivity contribution in [3.05, 3.63) is 35.4 Å². The molecule has 16 heavy (non-hydrogen) atoms. The Balaban J connectivity index is 2.41. The molecule has 0 saturated heterocycles. The van der Waals surface area contributed by atoms with Crippen LogP contribution >= 0.6 is 0 Å². The second-order valence-electron chi connectivity index (χ2n) is 4.24. The van der Waals surface area contributed by atoms with Crippen molar-refractivity contribution >= 4 is 6.08 Å². The lowest BCUT2D eigenvalue weighted by molar-refractivity contribution is 0.471. The Kier molecular flexibility index (Phi) is 5.69. The highest BCUT2D eigenvalue weighted by Crippen LogP contribution is 2.20. The second-order valence-corrected chi connectivity index (χ2v) is 4.24. The summed E-state index contributed by atoms with van der Waals surface area (Å²) in [4.78, 5) is 0. The molecule has 0 aliphatic carbocycles. The molecule has 1 N–H and O–H groups in total. The standard InChI is InChI=1S/C15H22O/c1-3-4-5-6-7-8-10-14-11-9-12-15(16)13(14)2/h8-12,16H,3-7H2,1-2H3. The smallest absolute Gasteiger partial charge is 0.119 e. The number of unbranched alkanes of at least 4 members (excludes halogenated alkanes) is 4. The lowest BCUT2D eigenvalue weighted by Crippen LogP contribution is -1.80. The molecule has 0 fully saturated rings. The van der Waals surface area contributed by atoms with E-state index in [1.54, 1.807) is 6.07 Å². The highest BCUT2D eigenvalue weighted by atomic mass is 16.3. The summed E-state index contributed by atoms with van der Waals surface area (Å²) in [5.41, 5.74) is 2.09. The van der Waals surface area contributed by atoms with E-state index in [1.165, 1.54) is 25.7 Å². The third-order valence-electron chi connectivity index (χ3n) is 2.87. The lowest BCUT2D eigenvalue weighted by atomic mass is 10.1. The molecule has 1 aromatic rings. The SMILES string of the molecule is CCCCCCC=Cc1cccc(O)c1C. The van der Waals surface area contributed by atoms with Crippen LogP contribution in [0.15, 0.2) is 24.3 Å². The van der Waals surface area contributed by atoms with Gasteiger partial charge >= 0.3 is 0 Å². The Morgan fingerprint density at radius 2 is 2.00 bits per heavy atom. The Morgan fingerprint density at radius 3 is 2.75 bits per heavy atom. The summed E-state index contributed by atoms with van der Waals surface area (Å²) in [5.74, 6) is 0.383. The number of allylic oxidation sites excluding steroid dienone is 1. The summed E-state index contributed by atoms with van der Waals surface area (Å²) in [7, 11) is 0. The minimum Gasteiger partial charge on any atom is -0.508 e. The van der Waals surface area contributed by atoms with Crippen LogP contribution < -0.4 is 0 Å². The van der Waals surface area contributed by atoms with E-state index in [2.05, 4.69) is 19.1 Å². The molecule has 0 amide bonds. The number of benzene rings is 1. The maximum absolute atomic E-state index is 9.54. The molecule has 0 atom stereocenters. The maximum atomic E-state index is 9.54. The van der Waals surface area contributed by atoms with E-state index < -0.39 is 0 Å². The van der Waals surface area contributed by atoms with E-state index in [1.807, 2.05) is 19.1 Å². The third-order valence-corrected chi connectivity index (χ3v) is 2.87. The van der Waals surface area contributed by atoms with E-state index in [9.17, 15) is 5.11 Å². The Labute approximate surface area is 98.8 Å². The van der Waals surface area contributed by atoms with Crippen molar-refractivity contribution in [1.29, 1.82) is 0 Å². The topological polar surface area (TPSA) is 20.2 Å². The molecule has 0 aromatic heterocycles. The lowest BCUT2D eigenvalue weighted by Gasteiger charge is -2.02. The van der Waals surface area contributed by atoms with Gasteiger partial charge in [0.2, 0.25) is 0 Å². The van der Waals surface area contributed by atoms with Crippen molar-refractivity contribution in [2.24, 2.45) is 0 Å². The minimum atomic E-state index is 0.383. The first kappa shape index (κ1) is 12.8. The van der Waals surface area contributed by atoms with Crippen LogP contribution in [0.3, 0.4) is 0 Å². The summed E-state index contributed by atoms with van der Waals surface area (Å²) in [6.07, 6.45) is 10.7. The molecule has 0 saturated carbocycles. The predicted octanol–water partition coefficient (Wildman–Crippen LogP) is 4.68. The molecule has 1 aromatic carbocycles. The highest BCUT2D eigenvalue weighted by molar-refractivity contribution is 5.56. The third kappa shape index (κ3) is 4.09. The number of phenols is 1. The van der Waals surface area contributed by atoms with Crippen molar-refractivity contribution in [1.82, 2.24) is 0 Å². The van der Waals surface area contributed by atoms with Gasteiger partial charge in [0.25, 0.3) is 0 Å². The normalized spacial score (nSPS) is 11.1. The van der Waals surface area contributed by atoms with E-state index in [4.69, 9.17) is 0 Å². The molecule has 88 valence electrons. The average Bonchev–Trinajstić information content (AvgIpc) is 2.29.